The maximum atomic E-state index is 11.9. The molecule has 164 valence electrons. The SMILES string of the molecule is CCNC(=NCCSCc1cccc2ccccc12)NC1CCN(C(=O)CC)C1.I. The van der Waals surface area contributed by atoms with E-state index in [0.717, 1.165) is 50.1 Å². The van der Waals surface area contributed by atoms with Crippen LogP contribution in [0.2, 0.25) is 0 Å². The number of hydrogen-bond donors (Lipinski definition) is 2. The largest absolute Gasteiger partial charge is 0.357 e. The Balaban J connectivity index is 0.00000320. The van der Waals surface area contributed by atoms with Crippen molar-refractivity contribution in [1.29, 1.82) is 0 Å². The van der Waals surface area contributed by atoms with Gasteiger partial charge in [-0.25, -0.2) is 0 Å². The summed E-state index contributed by atoms with van der Waals surface area (Å²) in [5, 5.41) is 9.46. The number of likely N-dealkylation sites (tertiary alicyclic amines) is 1. The Morgan fingerprint density at radius 2 is 2.00 bits per heavy atom. The number of carbonyl (C=O) groups is 1. The Hall–Kier alpha value is -1.48. The second-order valence-corrected chi connectivity index (χ2v) is 8.38. The van der Waals surface area contributed by atoms with E-state index in [4.69, 9.17) is 4.99 Å². The molecule has 1 amide bonds. The smallest absolute Gasteiger partial charge is 0.222 e. The average Bonchev–Trinajstić information content (AvgIpc) is 3.21. The van der Waals surface area contributed by atoms with Crippen LogP contribution in [0, 0.1) is 0 Å². The predicted molar refractivity (Wildman–Crippen MR) is 140 cm³/mol. The number of nitrogens with one attached hydrogen (secondary N) is 2. The molecule has 1 fully saturated rings. The van der Waals surface area contributed by atoms with E-state index in [-0.39, 0.29) is 35.9 Å². The van der Waals surface area contributed by atoms with Gasteiger partial charge in [-0.1, -0.05) is 49.4 Å². The fourth-order valence-electron chi connectivity index (χ4n) is 3.66. The van der Waals surface area contributed by atoms with Crippen LogP contribution in [0.25, 0.3) is 10.8 Å². The summed E-state index contributed by atoms with van der Waals surface area (Å²) in [7, 11) is 0. The van der Waals surface area contributed by atoms with Gasteiger partial charge in [-0.15, -0.1) is 24.0 Å². The Morgan fingerprint density at radius 1 is 1.20 bits per heavy atom. The molecule has 1 atom stereocenters. The summed E-state index contributed by atoms with van der Waals surface area (Å²) in [5.41, 5.74) is 1.38. The van der Waals surface area contributed by atoms with Crippen molar-refractivity contribution in [2.75, 3.05) is 31.9 Å². The minimum atomic E-state index is 0. The van der Waals surface area contributed by atoms with Crippen molar-refractivity contribution in [3.05, 3.63) is 48.0 Å². The number of guanidine groups is 1. The molecule has 2 aromatic rings. The zero-order chi connectivity index (χ0) is 20.5. The molecule has 3 rings (SSSR count). The molecule has 2 aromatic carbocycles. The molecular formula is C23H33IN4OS. The lowest BCUT2D eigenvalue weighted by atomic mass is 10.1. The molecule has 5 nitrogen and oxygen atoms in total. The maximum absolute atomic E-state index is 11.9. The Bertz CT molecular complexity index is 840. The number of aliphatic imine (C=N–C) groups is 1. The normalized spacial score (nSPS) is 16.4. The number of halogens is 1. The van der Waals surface area contributed by atoms with Crippen molar-refractivity contribution in [3.63, 3.8) is 0 Å². The number of nitrogens with zero attached hydrogens (tertiary/aromatic N) is 2. The third kappa shape index (κ3) is 7.04. The Morgan fingerprint density at radius 3 is 2.80 bits per heavy atom. The van der Waals surface area contributed by atoms with Crippen molar-refractivity contribution in [3.8, 4) is 0 Å². The van der Waals surface area contributed by atoms with Crippen molar-refractivity contribution < 1.29 is 4.79 Å². The number of amides is 1. The summed E-state index contributed by atoms with van der Waals surface area (Å²) in [4.78, 5) is 18.5. The highest BCUT2D eigenvalue weighted by molar-refractivity contribution is 14.0. The van der Waals surface area contributed by atoms with E-state index >= 15 is 0 Å². The highest BCUT2D eigenvalue weighted by Crippen LogP contribution is 2.22. The van der Waals surface area contributed by atoms with Crippen LogP contribution in [0.15, 0.2) is 47.5 Å². The van der Waals surface area contributed by atoms with Crippen LogP contribution in [0.5, 0.6) is 0 Å². The van der Waals surface area contributed by atoms with Gasteiger partial charge < -0.3 is 15.5 Å². The lowest BCUT2D eigenvalue weighted by molar-refractivity contribution is -0.129. The summed E-state index contributed by atoms with van der Waals surface area (Å²) in [5.74, 6) is 3.07. The van der Waals surface area contributed by atoms with Crippen molar-refractivity contribution >= 4 is 58.4 Å². The zero-order valence-electron chi connectivity index (χ0n) is 17.9. The number of hydrogen-bond acceptors (Lipinski definition) is 3. The molecule has 1 aliphatic rings. The molecule has 0 aliphatic carbocycles. The van der Waals surface area contributed by atoms with Crippen molar-refractivity contribution in [1.82, 2.24) is 15.5 Å². The van der Waals surface area contributed by atoms with Gasteiger partial charge in [0.05, 0.1) is 6.54 Å². The summed E-state index contributed by atoms with van der Waals surface area (Å²) in [6, 6.07) is 15.4. The topological polar surface area (TPSA) is 56.7 Å². The van der Waals surface area contributed by atoms with Crippen LogP contribution >= 0.6 is 35.7 Å². The highest BCUT2D eigenvalue weighted by Gasteiger charge is 2.25. The van der Waals surface area contributed by atoms with Crippen LogP contribution in [-0.2, 0) is 10.5 Å². The molecule has 2 N–H and O–H groups in total. The third-order valence-electron chi connectivity index (χ3n) is 5.17. The van der Waals surface area contributed by atoms with Gasteiger partial charge in [0, 0.05) is 43.6 Å². The van der Waals surface area contributed by atoms with E-state index in [1.807, 2.05) is 23.6 Å². The van der Waals surface area contributed by atoms with Gasteiger partial charge in [-0.3, -0.25) is 9.79 Å². The molecule has 0 aromatic heterocycles. The zero-order valence-corrected chi connectivity index (χ0v) is 21.0. The van der Waals surface area contributed by atoms with Gasteiger partial charge in [0.2, 0.25) is 5.91 Å². The van der Waals surface area contributed by atoms with Gasteiger partial charge in [0.1, 0.15) is 0 Å². The fourth-order valence-corrected chi connectivity index (χ4v) is 4.50. The van der Waals surface area contributed by atoms with Crippen molar-refractivity contribution in [2.24, 2.45) is 4.99 Å². The van der Waals surface area contributed by atoms with Crippen LogP contribution < -0.4 is 10.6 Å². The second-order valence-electron chi connectivity index (χ2n) is 7.27. The van der Waals surface area contributed by atoms with E-state index in [9.17, 15) is 4.79 Å². The van der Waals surface area contributed by atoms with Crippen molar-refractivity contribution in [2.45, 2.75) is 38.5 Å². The van der Waals surface area contributed by atoms with E-state index in [1.165, 1.54) is 16.3 Å². The van der Waals surface area contributed by atoms with E-state index < -0.39 is 0 Å². The molecule has 0 bridgehead atoms. The van der Waals surface area contributed by atoms with Crippen LogP contribution in [0.4, 0.5) is 0 Å². The highest BCUT2D eigenvalue weighted by atomic mass is 127. The fraction of sp³-hybridized carbons (Fsp3) is 0.478. The minimum absolute atomic E-state index is 0. The standard InChI is InChI=1S/C23H32N4OS.HI/c1-3-22(28)27-14-12-20(16-27)26-23(24-4-2)25-13-15-29-17-19-10-7-9-18-8-5-6-11-21(18)19;/h5-11,20H,3-4,12-17H2,1-2H3,(H2,24,25,26);1H. The molecule has 0 spiro atoms. The third-order valence-corrected chi connectivity index (χ3v) is 6.16. The lowest BCUT2D eigenvalue weighted by Crippen LogP contribution is -2.45. The van der Waals surface area contributed by atoms with Gasteiger partial charge in [-0.2, -0.15) is 11.8 Å². The Kier molecular flexibility index (Phi) is 10.8. The molecule has 0 saturated carbocycles. The van der Waals surface area contributed by atoms with Crippen LogP contribution in [0.1, 0.15) is 32.3 Å². The first-order valence-corrected chi connectivity index (χ1v) is 11.7. The molecular weight excluding hydrogens is 507 g/mol. The summed E-state index contributed by atoms with van der Waals surface area (Å²) in [6.07, 6.45) is 1.56. The van der Waals surface area contributed by atoms with Gasteiger partial charge >= 0.3 is 0 Å². The number of fused-ring (bicyclic) bond motifs is 1. The molecule has 7 heteroatoms. The van der Waals surface area contributed by atoms with Gasteiger partial charge in [0.25, 0.3) is 0 Å². The quantitative estimate of drug-likeness (QED) is 0.228. The first-order valence-electron chi connectivity index (χ1n) is 10.6. The Labute approximate surface area is 201 Å². The first kappa shape index (κ1) is 24.8. The number of carbonyl (C=O) groups excluding carboxylic acids is 1. The number of thioether (sulfide) groups is 1. The molecule has 1 saturated heterocycles. The molecule has 30 heavy (non-hydrogen) atoms. The maximum Gasteiger partial charge on any atom is 0.222 e. The summed E-state index contributed by atoms with van der Waals surface area (Å²) < 4.78 is 0. The molecule has 0 radical (unpaired) electrons. The van der Waals surface area contributed by atoms with Crippen LogP contribution in [0.3, 0.4) is 0 Å². The van der Waals surface area contributed by atoms with E-state index in [0.29, 0.717) is 6.42 Å². The molecule has 1 unspecified atom stereocenters. The summed E-state index contributed by atoms with van der Waals surface area (Å²) in [6.45, 7) is 7.21. The predicted octanol–water partition coefficient (Wildman–Crippen LogP) is 4.26. The second kappa shape index (κ2) is 13.0. The molecule has 1 aliphatic heterocycles. The van der Waals surface area contributed by atoms with E-state index in [2.05, 4.69) is 60.0 Å². The number of rotatable bonds is 8. The average molecular weight is 541 g/mol. The number of benzene rings is 2. The first-order chi connectivity index (χ1) is 14.2. The van der Waals surface area contributed by atoms with E-state index in [1.54, 1.807) is 0 Å². The monoisotopic (exact) mass is 540 g/mol. The van der Waals surface area contributed by atoms with Gasteiger partial charge in [0.15, 0.2) is 5.96 Å². The lowest BCUT2D eigenvalue weighted by Gasteiger charge is -2.18. The minimum Gasteiger partial charge on any atom is -0.357 e. The van der Waals surface area contributed by atoms with Gasteiger partial charge in [-0.05, 0) is 29.7 Å². The molecule has 1 heterocycles. The summed E-state index contributed by atoms with van der Waals surface area (Å²) >= 11 is 1.92. The van der Waals surface area contributed by atoms with Crippen LogP contribution in [-0.4, -0.2) is 54.7 Å².